The van der Waals surface area contributed by atoms with Crippen LogP contribution in [0.1, 0.15) is 45.7 Å². The predicted octanol–water partition coefficient (Wildman–Crippen LogP) is 9.16. The first kappa shape index (κ1) is 30.8. The van der Waals surface area contributed by atoms with Gasteiger partial charge in [-0.2, -0.15) is 6.07 Å². The third-order valence-corrected chi connectivity index (χ3v) is 8.39. The Balaban J connectivity index is 0.00000357. The standard InChI is InChI=1S/C39H36N4O.Pt/c1-26(2)34-25-42(29-18-16-28(17-19-29)39(3,4)5)38(41-34)27-11-10-12-30(23-27)44-31-20-21-33-32-13-6-7-14-35(32)43(36(33)24-31)37-15-8-9-22-40-37;/h6-22,26,34H,25H2,1-5H3;/q-2;+2/t34-;/m0./s1. The van der Waals surface area contributed by atoms with E-state index in [1.54, 1.807) is 0 Å². The van der Waals surface area contributed by atoms with Crippen molar-refractivity contribution in [2.45, 2.75) is 46.1 Å². The molecule has 1 aliphatic rings. The number of amidine groups is 1. The number of para-hydroxylation sites is 1. The van der Waals surface area contributed by atoms with Crippen LogP contribution in [0.3, 0.4) is 0 Å². The summed E-state index contributed by atoms with van der Waals surface area (Å²) in [6.45, 7) is 12.0. The third kappa shape index (κ3) is 5.94. The number of rotatable bonds is 6. The molecule has 6 heteroatoms. The van der Waals surface area contributed by atoms with E-state index >= 15 is 0 Å². The zero-order valence-corrected chi connectivity index (χ0v) is 28.5. The summed E-state index contributed by atoms with van der Waals surface area (Å²) in [7, 11) is 0. The van der Waals surface area contributed by atoms with Crippen LogP contribution in [0.15, 0.2) is 108 Å². The largest absolute Gasteiger partial charge is 2.00 e. The number of ether oxygens (including phenoxy) is 1. The first-order valence-corrected chi connectivity index (χ1v) is 15.3. The van der Waals surface area contributed by atoms with Crippen LogP contribution in [0.5, 0.6) is 11.5 Å². The number of benzene rings is 4. The predicted molar refractivity (Wildman–Crippen MR) is 180 cm³/mol. The van der Waals surface area contributed by atoms with Crippen molar-refractivity contribution in [1.82, 2.24) is 9.55 Å². The first-order chi connectivity index (χ1) is 21.3. The van der Waals surface area contributed by atoms with Crippen LogP contribution >= 0.6 is 0 Å². The van der Waals surface area contributed by atoms with Gasteiger partial charge in [-0.3, -0.25) is 0 Å². The maximum atomic E-state index is 6.42. The van der Waals surface area contributed by atoms with Crippen molar-refractivity contribution < 1.29 is 25.8 Å². The Morgan fingerprint density at radius 2 is 1.56 bits per heavy atom. The molecule has 0 bridgehead atoms. The average Bonchev–Trinajstić information content (AvgIpc) is 3.62. The number of aliphatic imine (C=N–C) groups is 1. The van der Waals surface area contributed by atoms with Crippen molar-refractivity contribution in [3.05, 3.63) is 127 Å². The summed E-state index contributed by atoms with van der Waals surface area (Å²) in [4.78, 5) is 12.1. The van der Waals surface area contributed by atoms with Gasteiger partial charge in [0.25, 0.3) is 0 Å². The number of nitrogens with zero attached hydrogens (tertiary/aromatic N) is 4. The van der Waals surface area contributed by atoms with Crippen molar-refractivity contribution in [3.63, 3.8) is 0 Å². The quantitative estimate of drug-likeness (QED) is 0.159. The van der Waals surface area contributed by atoms with Gasteiger partial charge >= 0.3 is 21.1 Å². The molecule has 0 saturated carbocycles. The van der Waals surface area contributed by atoms with Gasteiger partial charge in [0.2, 0.25) is 0 Å². The Morgan fingerprint density at radius 3 is 2.29 bits per heavy atom. The fraction of sp³-hybridized carbons (Fsp3) is 0.231. The minimum Gasteiger partial charge on any atom is -0.503 e. The Morgan fingerprint density at radius 1 is 0.800 bits per heavy atom. The molecule has 0 saturated heterocycles. The van der Waals surface area contributed by atoms with E-state index in [4.69, 9.17) is 9.73 Å². The van der Waals surface area contributed by atoms with E-state index in [0.717, 1.165) is 51.3 Å². The van der Waals surface area contributed by atoms with Gasteiger partial charge in [0.1, 0.15) is 5.82 Å². The second-order valence-electron chi connectivity index (χ2n) is 12.8. The zero-order valence-electron chi connectivity index (χ0n) is 26.2. The number of pyridine rings is 1. The van der Waals surface area contributed by atoms with Crippen molar-refractivity contribution in [1.29, 1.82) is 0 Å². The molecular formula is C39H36N4OPt. The number of hydrogen-bond donors (Lipinski definition) is 0. The van der Waals surface area contributed by atoms with Gasteiger partial charge in [0, 0.05) is 35.4 Å². The van der Waals surface area contributed by atoms with Gasteiger partial charge in [-0.1, -0.05) is 82.6 Å². The molecule has 5 nitrogen and oxygen atoms in total. The van der Waals surface area contributed by atoms with Gasteiger partial charge in [-0.05, 0) is 52.6 Å². The molecule has 0 fully saturated rings. The van der Waals surface area contributed by atoms with Crippen LogP contribution in [-0.2, 0) is 26.5 Å². The summed E-state index contributed by atoms with van der Waals surface area (Å²) in [5, 5.41) is 2.25. The number of hydrogen-bond acceptors (Lipinski definition) is 4. The molecule has 2 aromatic heterocycles. The molecule has 0 radical (unpaired) electrons. The van der Waals surface area contributed by atoms with Crippen molar-refractivity contribution in [2.75, 3.05) is 11.4 Å². The van der Waals surface area contributed by atoms with Crippen molar-refractivity contribution >= 4 is 33.3 Å². The normalized spacial score (nSPS) is 15.0. The molecule has 6 aromatic rings. The molecule has 4 aromatic carbocycles. The van der Waals surface area contributed by atoms with E-state index in [0.29, 0.717) is 17.4 Å². The van der Waals surface area contributed by atoms with Gasteiger partial charge in [0.05, 0.1) is 11.9 Å². The van der Waals surface area contributed by atoms with Crippen LogP contribution in [0.4, 0.5) is 5.69 Å². The van der Waals surface area contributed by atoms with E-state index in [-0.39, 0.29) is 32.5 Å². The van der Waals surface area contributed by atoms with Gasteiger partial charge in [-0.25, -0.2) is 4.98 Å². The molecule has 0 unspecified atom stereocenters. The van der Waals surface area contributed by atoms with Crippen LogP contribution in [0.25, 0.3) is 27.6 Å². The van der Waals surface area contributed by atoms with Crippen LogP contribution in [0.2, 0.25) is 0 Å². The maximum absolute atomic E-state index is 6.42. The van der Waals surface area contributed by atoms with E-state index in [2.05, 4.69) is 122 Å². The first-order valence-electron chi connectivity index (χ1n) is 15.3. The number of fused-ring (bicyclic) bond motifs is 3. The smallest absolute Gasteiger partial charge is 0.503 e. The fourth-order valence-electron chi connectivity index (χ4n) is 5.90. The zero-order chi connectivity index (χ0) is 30.4. The summed E-state index contributed by atoms with van der Waals surface area (Å²) in [5.74, 6) is 3.43. The molecule has 0 spiro atoms. The van der Waals surface area contributed by atoms with Crippen molar-refractivity contribution in [3.8, 4) is 17.3 Å². The molecule has 228 valence electrons. The summed E-state index contributed by atoms with van der Waals surface area (Å²) in [6, 6.07) is 40.5. The van der Waals surface area contributed by atoms with Gasteiger partial charge in [0.15, 0.2) is 0 Å². The Labute approximate surface area is 279 Å². The van der Waals surface area contributed by atoms with Gasteiger partial charge < -0.3 is 19.2 Å². The Kier molecular flexibility index (Phi) is 8.41. The van der Waals surface area contributed by atoms with Crippen LogP contribution in [0, 0.1) is 18.1 Å². The Hall–Kier alpha value is -4.21. The van der Waals surface area contributed by atoms with Crippen LogP contribution < -0.4 is 9.64 Å². The van der Waals surface area contributed by atoms with Crippen LogP contribution in [-0.4, -0.2) is 28.0 Å². The summed E-state index contributed by atoms with van der Waals surface area (Å²) in [5.41, 5.74) is 5.47. The molecular weight excluding hydrogens is 736 g/mol. The van der Waals surface area contributed by atoms with E-state index in [9.17, 15) is 0 Å². The van der Waals surface area contributed by atoms with Crippen molar-refractivity contribution in [2.24, 2.45) is 10.9 Å². The Bertz CT molecular complexity index is 1990. The summed E-state index contributed by atoms with van der Waals surface area (Å²) >= 11 is 0. The average molecular weight is 772 g/mol. The number of anilines is 1. The third-order valence-electron chi connectivity index (χ3n) is 8.39. The van der Waals surface area contributed by atoms with E-state index < -0.39 is 0 Å². The maximum Gasteiger partial charge on any atom is 2.00 e. The fourth-order valence-corrected chi connectivity index (χ4v) is 5.90. The number of aromatic nitrogens is 2. The molecule has 1 atom stereocenters. The molecule has 45 heavy (non-hydrogen) atoms. The molecule has 3 heterocycles. The van der Waals surface area contributed by atoms with E-state index in [1.165, 1.54) is 5.56 Å². The summed E-state index contributed by atoms with van der Waals surface area (Å²) in [6.07, 6.45) is 1.81. The monoisotopic (exact) mass is 771 g/mol. The molecule has 7 rings (SSSR count). The topological polar surface area (TPSA) is 42.6 Å². The summed E-state index contributed by atoms with van der Waals surface area (Å²) < 4.78 is 8.56. The van der Waals surface area contributed by atoms with Gasteiger partial charge in [-0.15, -0.1) is 41.3 Å². The minimum atomic E-state index is 0. The SMILES string of the molecule is CC(C)[C@@H]1CN(c2ccc(C(C)(C)C)cc2)C(c2[c-]c(Oc3[c-]c4c(cc3)c3ccccc3n4-c3ccccn3)ccc2)=N1.[Pt+2]. The molecule has 0 amide bonds. The molecule has 1 aliphatic heterocycles. The second kappa shape index (κ2) is 12.3. The second-order valence-corrected chi connectivity index (χ2v) is 12.8. The molecule has 0 aliphatic carbocycles. The minimum absolute atomic E-state index is 0. The molecule has 0 N–H and O–H groups in total. The van der Waals surface area contributed by atoms with E-state index in [1.807, 2.05) is 42.6 Å².